The van der Waals surface area contributed by atoms with Gasteiger partial charge in [0.15, 0.2) is 5.11 Å². The molecule has 3 rings (SSSR count). The normalized spacial score (nSPS) is 10.4. The highest BCUT2D eigenvalue weighted by Gasteiger charge is 2.01. The van der Waals surface area contributed by atoms with Crippen LogP contribution in [0.25, 0.3) is 10.9 Å². The van der Waals surface area contributed by atoms with Gasteiger partial charge in [-0.2, -0.15) is 0 Å². The number of thiocarbonyl (C=S) groups is 1. The molecule has 0 fully saturated rings. The van der Waals surface area contributed by atoms with Crippen molar-refractivity contribution in [2.75, 3.05) is 10.6 Å². The van der Waals surface area contributed by atoms with Crippen molar-refractivity contribution in [3.05, 3.63) is 60.3 Å². The Morgan fingerprint density at radius 2 is 1.65 bits per heavy atom. The van der Waals surface area contributed by atoms with E-state index in [1.165, 1.54) is 10.9 Å². The highest BCUT2D eigenvalue weighted by Crippen LogP contribution is 2.18. The van der Waals surface area contributed by atoms with Gasteiger partial charge in [-0.1, -0.05) is 23.8 Å². The number of benzene rings is 2. The molecule has 4 heteroatoms. The van der Waals surface area contributed by atoms with Crippen molar-refractivity contribution < 1.29 is 0 Å². The van der Waals surface area contributed by atoms with Gasteiger partial charge in [-0.25, -0.2) is 0 Å². The third kappa shape index (κ3) is 2.81. The second-order valence-corrected chi connectivity index (χ2v) is 5.13. The van der Waals surface area contributed by atoms with Crippen molar-refractivity contribution in [1.82, 2.24) is 4.98 Å². The summed E-state index contributed by atoms with van der Waals surface area (Å²) in [7, 11) is 0. The number of rotatable bonds is 2. The van der Waals surface area contributed by atoms with Gasteiger partial charge in [-0.05, 0) is 54.9 Å². The minimum absolute atomic E-state index is 0.583. The van der Waals surface area contributed by atoms with Crippen LogP contribution < -0.4 is 10.6 Å². The van der Waals surface area contributed by atoms with E-state index in [0.29, 0.717) is 5.11 Å². The molecule has 0 saturated heterocycles. The zero-order chi connectivity index (χ0) is 13.9. The lowest BCUT2D eigenvalue weighted by molar-refractivity contribution is 1.46. The second-order valence-electron chi connectivity index (χ2n) is 4.72. The van der Waals surface area contributed by atoms with Crippen LogP contribution in [0.1, 0.15) is 5.56 Å². The standard InChI is InChI=1S/C16H15N3S/c1-11-2-5-13(6-3-11)18-16(20)19-14-7-4-12-8-9-17-15(12)10-14/h2-10,17H,1H3,(H2,18,19,20). The van der Waals surface area contributed by atoms with Crippen molar-refractivity contribution in [2.24, 2.45) is 0 Å². The Balaban J connectivity index is 1.70. The Bertz CT molecular complexity index is 744. The topological polar surface area (TPSA) is 39.8 Å². The van der Waals surface area contributed by atoms with Crippen LogP contribution in [0.2, 0.25) is 0 Å². The van der Waals surface area contributed by atoms with E-state index >= 15 is 0 Å². The third-order valence-corrected chi connectivity index (χ3v) is 3.33. The van der Waals surface area contributed by atoms with Gasteiger partial charge in [0, 0.05) is 23.1 Å². The third-order valence-electron chi connectivity index (χ3n) is 3.12. The summed E-state index contributed by atoms with van der Waals surface area (Å²) in [5.41, 5.74) is 4.26. The first-order chi connectivity index (χ1) is 9.70. The summed E-state index contributed by atoms with van der Waals surface area (Å²) in [6.07, 6.45) is 1.93. The molecule has 0 saturated carbocycles. The molecule has 1 heterocycles. The van der Waals surface area contributed by atoms with Gasteiger partial charge in [0.2, 0.25) is 0 Å². The highest BCUT2D eigenvalue weighted by molar-refractivity contribution is 7.80. The average molecular weight is 281 g/mol. The summed E-state index contributed by atoms with van der Waals surface area (Å²) >= 11 is 5.32. The van der Waals surface area contributed by atoms with E-state index in [9.17, 15) is 0 Å². The number of aryl methyl sites for hydroxylation is 1. The minimum atomic E-state index is 0.583. The number of hydrogen-bond acceptors (Lipinski definition) is 1. The molecule has 3 nitrogen and oxygen atoms in total. The number of hydrogen-bond donors (Lipinski definition) is 3. The number of aromatic nitrogens is 1. The minimum Gasteiger partial charge on any atom is -0.361 e. The van der Waals surface area contributed by atoms with Gasteiger partial charge < -0.3 is 15.6 Å². The first-order valence-electron chi connectivity index (χ1n) is 6.42. The van der Waals surface area contributed by atoms with Gasteiger partial charge in [-0.3, -0.25) is 0 Å². The van der Waals surface area contributed by atoms with E-state index in [0.717, 1.165) is 16.9 Å². The van der Waals surface area contributed by atoms with Crippen molar-refractivity contribution in [3.63, 3.8) is 0 Å². The summed E-state index contributed by atoms with van der Waals surface area (Å²) in [6, 6.07) is 16.3. The van der Waals surface area contributed by atoms with Crippen molar-refractivity contribution >= 4 is 39.6 Å². The van der Waals surface area contributed by atoms with Crippen LogP contribution in [-0.4, -0.2) is 10.1 Å². The smallest absolute Gasteiger partial charge is 0.175 e. The Morgan fingerprint density at radius 3 is 2.45 bits per heavy atom. The molecule has 0 amide bonds. The number of aromatic amines is 1. The van der Waals surface area contributed by atoms with Crippen LogP contribution in [0.4, 0.5) is 11.4 Å². The van der Waals surface area contributed by atoms with Crippen LogP contribution in [0, 0.1) is 6.92 Å². The predicted octanol–water partition coefficient (Wildman–Crippen LogP) is 4.29. The Hall–Kier alpha value is -2.33. The summed E-state index contributed by atoms with van der Waals surface area (Å²) in [4.78, 5) is 3.19. The van der Waals surface area contributed by atoms with Crippen LogP contribution in [0.15, 0.2) is 54.7 Å². The van der Waals surface area contributed by atoms with E-state index < -0.39 is 0 Å². The first-order valence-corrected chi connectivity index (χ1v) is 6.83. The predicted molar refractivity (Wildman–Crippen MR) is 89.3 cm³/mol. The van der Waals surface area contributed by atoms with Gasteiger partial charge in [0.05, 0.1) is 0 Å². The van der Waals surface area contributed by atoms with E-state index in [-0.39, 0.29) is 0 Å². The molecule has 0 atom stereocenters. The lowest BCUT2D eigenvalue weighted by atomic mass is 10.2. The number of nitrogens with one attached hydrogen (secondary N) is 3. The summed E-state index contributed by atoms with van der Waals surface area (Å²) < 4.78 is 0. The SMILES string of the molecule is Cc1ccc(NC(=S)Nc2ccc3cc[nH]c3c2)cc1. The molecule has 100 valence electrons. The maximum absolute atomic E-state index is 5.32. The fourth-order valence-electron chi connectivity index (χ4n) is 2.06. The number of anilines is 2. The van der Waals surface area contributed by atoms with Crippen LogP contribution >= 0.6 is 12.2 Å². The molecular formula is C16H15N3S. The van der Waals surface area contributed by atoms with Crippen LogP contribution in [0.3, 0.4) is 0 Å². The van der Waals surface area contributed by atoms with Crippen molar-refractivity contribution in [1.29, 1.82) is 0 Å². The zero-order valence-electron chi connectivity index (χ0n) is 11.1. The molecule has 3 aromatic rings. The van der Waals surface area contributed by atoms with Gasteiger partial charge >= 0.3 is 0 Å². The molecule has 0 unspecified atom stereocenters. The molecule has 1 aromatic heterocycles. The van der Waals surface area contributed by atoms with E-state index in [1.54, 1.807) is 0 Å². The van der Waals surface area contributed by atoms with Crippen molar-refractivity contribution in [3.8, 4) is 0 Å². The molecular weight excluding hydrogens is 266 g/mol. The molecule has 0 aliphatic rings. The quantitative estimate of drug-likeness (QED) is 0.614. The number of fused-ring (bicyclic) bond motifs is 1. The maximum atomic E-state index is 5.32. The lowest BCUT2D eigenvalue weighted by Gasteiger charge is -2.10. The fraction of sp³-hybridized carbons (Fsp3) is 0.0625. The molecule has 0 aliphatic carbocycles. The molecule has 0 aliphatic heterocycles. The monoisotopic (exact) mass is 281 g/mol. The van der Waals surface area contributed by atoms with Crippen LogP contribution in [0.5, 0.6) is 0 Å². The summed E-state index contributed by atoms with van der Waals surface area (Å²) in [6.45, 7) is 2.06. The Morgan fingerprint density at radius 1 is 0.950 bits per heavy atom. The van der Waals surface area contributed by atoms with E-state index in [4.69, 9.17) is 12.2 Å². The van der Waals surface area contributed by atoms with Gasteiger partial charge in [0.25, 0.3) is 0 Å². The molecule has 3 N–H and O–H groups in total. The van der Waals surface area contributed by atoms with Gasteiger partial charge in [-0.15, -0.1) is 0 Å². The van der Waals surface area contributed by atoms with Crippen molar-refractivity contribution in [2.45, 2.75) is 6.92 Å². The average Bonchev–Trinajstić information content (AvgIpc) is 2.89. The largest absolute Gasteiger partial charge is 0.361 e. The fourth-order valence-corrected chi connectivity index (χ4v) is 2.29. The number of H-pyrrole nitrogens is 1. The first kappa shape index (κ1) is 12.7. The van der Waals surface area contributed by atoms with Gasteiger partial charge in [0.1, 0.15) is 0 Å². The Labute approximate surface area is 123 Å². The van der Waals surface area contributed by atoms with E-state index in [1.807, 2.05) is 36.5 Å². The lowest BCUT2D eigenvalue weighted by Crippen LogP contribution is -2.18. The highest BCUT2D eigenvalue weighted by atomic mass is 32.1. The maximum Gasteiger partial charge on any atom is 0.175 e. The molecule has 0 radical (unpaired) electrons. The Kier molecular flexibility index (Phi) is 3.39. The second kappa shape index (κ2) is 5.35. The van der Waals surface area contributed by atoms with E-state index in [2.05, 4.69) is 40.7 Å². The molecule has 0 spiro atoms. The molecule has 0 bridgehead atoms. The summed E-state index contributed by atoms with van der Waals surface area (Å²) in [5.74, 6) is 0. The molecule has 20 heavy (non-hydrogen) atoms. The zero-order valence-corrected chi connectivity index (χ0v) is 11.9. The molecule has 2 aromatic carbocycles. The summed E-state index contributed by atoms with van der Waals surface area (Å²) in [5, 5.41) is 8.13. The van der Waals surface area contributed by atoms with Crippen LogP contribution in [-0.2, 0) is 0 Å².